The molecule has 0 saturated carbocycles. The first-order valence-electron chi connectivity index (χ1n) is 7.23. The lowest BCUT2D eigenvalue weighted by Crippen LogP contribution is -2.00. The van der Waals surface area contributed by atoms with Crippen LogP contribution in [0.2, 0.25) is 0 Å². The molecule has 22 heavy (non-hydrogen) atoms. The van der Waals surface area contributed by atoms with Crippen molar-refractivity contribution in [2.75, 3.05) is 7.11 Å². The molecule has 1 N–H and O–H groups in total. The first kappa shape index (κ1) is 15.0. The van der Waals surface area contributed by atoms with Crippen LogP contribution in [-0.4, -0.2) is 26.8 Å². The van der Waals surface area contributed by atoms with Crippen LogP contribution in [0.25, 0.3) is 4.96 Å². The van der Waals surface area contributed by atoms with Gasteiger partial charge in [0.15, 0.2) is 0 Å². The minimum atomic E-state index is -0.0413. The summed E-state index contributed by atoms with van der Waals surface area (Å²) in [5, 5.41) is 15.2. The molecule has 0 fully saturated rings. The lowest BCUT2D eigenvalue weighted by Gasteiger charge is -2.03. The molecule has 3 rings (SSSR count). The van der Waals surface area contributed by atoms with Crippen molar-refractivity contribution in [3.63, 3.8) is 0 Å². The summed E-state index contributed by atoms with van der Waals surface area (Å²) in [4.78, 5) is 5.46. The number of aliphatic hydroxyl groups is 1. The van der Waals surface area contributed by atoms with Crippen LogP contribution >= 0.6 is 11.3 Å². The molecule has 2 heterocycles. The lowest BCUT2D eigenvalue weighted by molar-refractivity contribution is 0.272. The highest BCUT2D eigenvalue weighted by Crippen LogP contribution is 2.25. The number of fused-ring (bicyclic) bond motifs is 1. The van der Waals surface area contributed by atoms with Crippen LogP contribution in [-0.2, 0) is 13.0 Å². The maximum Gasteiger partial charge on any atom is 0.212 e. The van der Waals surface area contributed by atoms with Crippen molar-refractivity contribution in [1.29, 1.82) is 0 Å². The molecule has 1 aromatic carbocycles. The number of benzene rings is 1. The number of hydrogen-bond acceptors (Lipinski definition) is 5. The molecule has 0 unspecified atom stereocenters. The molecular weight excluding hydrogens is 298 g/mol. The van der Waals surface area contributed by atoms with Gasteiger partial charge in [-0.15, -0.1) is 0 Å². The van der Waals surface area contributed by atoms with Crippen LogP contribution in [0.4, 0.5) is 0 Å². The first-order valence-corrected chi connectivity index (χ1v) is 8.05. The fourth-order valence-electron chi connectivity index (χ4n) is 2.45. The van der Waals surface area contributed by atoms with Gasteiger partial charge in [0.1, 0.15) is 10.8 Å². The Morgan fingerprint density at radius 1 is 1.27 bits per heavy atom. The summed E-state index contributed by atoms with van der Waals surface area (Å²) in [6.45, 7) is 4.11. The third-order valence-corrected chi connectivity index (χ3v) is 4.49. The fraction of sp³-hybridized carbons (Fsp3) is 0.375. The Bertz CT molecular complexity index is 775. The topological polar surface area (TPSA) is 59.7 Å². The molecule has 0 spiro atoms. The Kier molecular flexibility index (Phi) is 4.13. The van der Waals surface area contributed by atoms with E-state index in [4.69, 9.17) is 4.74 Å². The summed E-state index contributed by atoms with van der Waals surface area (Å²) in [5.74, 6) is 1.13. The molecule has 0 atom stereocenters. The number of nitrogens with zero attached hydrogens (tertiary/aromatic N) is 3. The van der Waals surface area contributed by atoms with Gasteiger partial charge in [-0.25, -0.2) is 9.50 Å². The van der Waals surface area contributed by atoms with Gasteiger partial charge in [0.25, 0.3) is 0 Å². The van der Waals surface area contributed by atoms with E-state index in [9.17, 15) is 5.11 Å². The van der Waals surface area contributed by atoms with Crippen LogP contribution in [0, 0.1) is 0 Å². The third-order valence-electron chi connectivity index (χ3n) is 3.58. The van der Waals surface area contributed by atoms with Gasteiger partial charge in [0.05, 0.1) is 25.1 Å². The van der Waals surface area contributed by atoms with E-state index in [1.807, 2.05) is 24.3 Å². The molecule has 0 aliphatic rings. The van der Waals surface area contributed by atoms with Gasteiger partial charge in [0, 0.05) is 6.42 Å². The van der Waals surface area contributed by atoms with Crippen molar-refractivity contribution in [2.45, 2.75) is 32.8 Å². The van der Waals surface area contributed by atoms with Gasteiger partial charge in [-0.1, -0.05) is 37.3 Å². The maximum atomic E-state index is 9.60. The summed E-state index contributed by atoms with van der Waals surface area (Å²) in [6, 6.07) is 7.97. The van der Waals surface area contributed by atoms with Crippen molar-refractivity contribution < 1.29 is 9.84 Å². The van der Waals surface area contributed by atoms with Crippen LogP contribution in [0.1, 0.15) is 41.7 Å². The van der Waals surface area contributed by atoms with E-state index in [2.05, 4.69) is 23.9 Å². The van der Waals surface area contributed by atoms with E-state index in [-0.39, 0.29) is 12.5 Å². The lowest BCUT2D eigenvalue weighted by atomic mass is 10.1. The number of aromatic nitrogens is 3. The standard InChI is InChI=1S/C16H19N3O2S/c1-10(2)15-13(9-20)19-16(17-15)22-14(18-19)8-11-4-6-12(21-3)7-5-11/h4-7,10,20H,8-9H2,1-3H3. The Balaban J connectivity index is 1.90. The largest absolute Gasteiger partial charge is 0.497 e. The summed E-state index contributed by atoms with van der Waals surface area (Å²) >= 11 is 1.57. The van der Waals surface area contributed by atoms with E-state index in [0.717, 1.165) is 33.5 Å². The zero-order chi connectivity index (χ0) is 15.7. The predicted octanol–water partition coefficient (Wildman–Crippen LogP) is 3.01. The van der Waals surface area contributed by atoms with E-state index in [0.29, 0.717) is 0 Å². The van der Waals surface area contributed by atoms with Crippen molar-refractivity contribution >= 4 is 16.3 Å². The van der Waals surface area contributed by atoms with Gasteiger partial charge in [-0.2, -0.15) is 5.10 Å². The van der Waals surface area contributed by atoms with E-state index < -0.39 is 0 Å². The molecule has 0 radical (unpaired) electrons. The molecule has 0 amide bonds. The van der Waals surface area contributed by atoms with Gasteiger partial charge in [-0.3, -0.25) is 0 Å². The Hall–Kier alpha value is -1.92. The van der Waals surface area contributed by atoms with Crippen molar-refractivity contribution in [3.05, 3.63) is 46.2 Å². The van der Waals surface area contributed by atoms with Crippen molar-refractivity contribution in [2.24, 2.45) is 0 Å². The second kappa shape index (κ2) is 6.06. The molecule has 0 aliphatic carbocycles. The monoisotopic (exact) mass is 317 g/mol. The summed E-state index contributed by atoms with van der Waals surface area (Å²) in [7, 11) is 1.66. The average molecular weight is 317 g/mol. The van der Waals surface area contributed by atoms with Gasteiger partial charge in [-0.05, 0) is 23.6 Å². The molecule has 2 aromatic heterocycles. The minimum Gasteiger partial charge on any atom is -0.497 e. The highest BCUT2D eigenvalue weighted by atomic mass is 32.1. The second-order valence-corrected chi connectivity index (χ2v) is 6.51. The predicted molar refractivity (Wildman–Crippen MR) is 86.7 cm³/mol. The number of hydrogen-bond donors (Lipinski definition) is 1. The Morgan fingerprint density at radius 3 is 2.59 bits per heavy atom. The average Bonchev–Trinajstić information content (AvgIpc) is 3.04. The third kappa shape index (κ3) is 2.71. The number of aliphatic hydroxyl groups excluding tert-OH is 1. The molecule has 0 aliphatic heterocycles. The fourth-order valence-corrected chi connectivity index (χ4v) is 3.40. The zero-order valence-electron chi connectivity index (χ0n) is 12.9. The van der Waals surface area contributed by atoms with Gasteiger partial charge < -0.3 is 9.84 Å². The number of methoxy groups -OCH3 is 1. The van der Waals surface area contributed by atoms with Crippen LogP contribution in [0.3, 0.4) is 0 Å². The molecule has 6 heteroatoms. The van der Waals surface area contributed by atoms with E-state index >= 15 is 0 Å². The molecule has 0 saturated heterocycles. The quantitative estimate of drug-likeness (QED) is 0.786. The van der Waals surface area contributed by atoms with Gasteiger partial charge in [0.2, 0.25) is 4.96 Å². The normalized spacial score (nSPS) is 11.5. The van der Waals surface area contributed by atoms with E-state index in [1.165, 1.54) is 5.56 Å². The number of imidazole rings is 1. The van der Waals surface area contributed by atoms with Crippen molar-refractivity contribution in [1.82, 2.24) is 14.6 Å². The molecule has 0 bridgehead atoms. The Labute approximate surface area is 133 Å². The van der Waals surface area contributed by atoms with Crippen LogP contribution in [0.5, 0.6) is 5.75 Å². The summed E-state index contributed by atoms with van der Waals surface area (Å²) in [6.07, 6.45) is 0.750. The summed E-state index contributed by atoms with van der Waals surface area (Å²) in [5.41, 5.74) is 2.90. The zero-order valence-corrected chi connectivity index (χ0v) is 13.7. The maximum absolute atomic E-state index is 9.60. The minimum absolute atomic E-state index is 0.0413. The first-order chi connectivity index (χ1) is 10.6. The van der Waals surface area contributed by atoms with Gasteiger partial charge >= 0.3 is 0 Å². The number of rotatable bonds is 5. The second-order valence-electron chi connectivity index (χ2n) is 5.47. The smallest absolute Gasteiger partial charge is 0.212 e. The molecular formula is C16H19N3O2S. The molecule has 3 aromatic rings. The van der Waals surface area contributed by atoms with Crippen LogP contribution < -0.4 is 4.74 Å². The molecule has 116 valence electrons. The van der Waals surface area contributed by atoms with Crippen molar-refractivity contribution in [3.8, 4) is 5.75 Å². The van der Waals surface area contributed by atoms with E-state index in [1.54, 1.807) is 23.0 Å². The molecule has 5 nitrogen and oxygen atoms in total. The van der Waals surface area contributed by atoms with Crippen LogP contribution in [0.15, 0.2) is 24.3 Å². The highest BCUT2D eigenvalue weighted by Gasteiger charge is 2.18. The number of ether oxygens (including phenoxy) is 1. The SMILES string of the molecule is COc1ccc(Cc2nn3c(CO)c(C(C)C)nc3s2)cc1. The summed E-state index contributed by atoms with van der Waals surface area (Å²) < 4.78 is 6.94. The highest BCUT2D eigenvalue weighted by molar-refractivity contribution is 7.16. The Morgan fingerprint density at radius 2 is 2.00 bits per heavy atom.